The molecule has 0 spiro atoms. The highest BCUT2D eigenvalue weighted by molar-refractivity contribution is 5.95. The minimum atomic E-state index is -0.471. The van der Waals surface area contributed by atoms with Crippen molar-refractivity contribution in [1.29, 1.82) is 0 Å². The number of primary amides is 1. The molecule has 158 valence electrons. The number of fused-ring (bicyclic) bond motifs is 1. The Bertz CT molecular complexity index is 1220. The number of carbonyl (C=O) groups is 1. The number of oxazole rings is 1. The Morgan fingerprint density at radius 3 is 2.23 bits per heavy atom. The molecular formula is C23H21N3O5. The average molecular weight is 419 g/mol. The van der Waals surface area contributed by atoms with Crippen LogP contribution in [0.4, 0.5) is 11.7 Å². The van der Waals surface area contributed by atoms with Gasteiger partial charge in [0.15, 0.2) is 17.1 Å². The molecular weight excluding hydrogens is 398 g/mol. The predicted molar refractivity (Wildman–Crippen MR) is 117 cm³/mol. The second kappa shape index (κ2) is 8.27. The van der Waals surface area contributed by atoms with Crippen LogP contribution in [-0.4, -0.2) is 32.2 Å². The van der Waals surface area contributed by atoms with Gasteiger partial charge in [-0.05, 0) is 23.8 Å². The van der Waals surface area contributed by atoms with Crippen LogP contribution in [0.5, 0.6) is 17.2 Å². The first kappa shape index (κ1) is 20.1. The molecule has 4 rings (SSSR count). The summed E-state index contributed by atoms with van der Waals surface area (Å²) in [6, 6.07) is 16.5. The zero-order chi connectivity index (χ0) is 22.0. The number of hydrogen-bond donors (Lipinski definition) is 2. The Morgan fingerprint density at radius 1 is 0.968 bits per heavy atom. The largest absolute Gasteiger partial charge is 0.493 e. The zero-order valence-electron chi connectivity index (χ0n) is 17.3. The van der Waals surface area contributed by atoms with Crippen molar-refractivity contribution in [3.8, 4) is 28.4 Å². The normalized spacial score (nSPS) is 10.7. The first-order chi connectivity index (χ1) is 15.0. The van der Waals surface area contributed by atoms with Gasteiger partial charge in [-0.2, -0.15) is 4.98 Å². The number of amides is 1. The van der Waals surface area contributed by atoms with Crippen LogP contribution in [0.25, 0.3) is 22.2 Å². The Hall–Kier alpha value is -4.20. The van der Waals surface area contributed by atoms with Crippen LogP contribution in [0.3, 0.4) is 0 Å². The van der Waals surface area contributed by atoms with Crippen molar-refractivity contribution >= 4 is 28.7 Å². The number of anilines is 2. The second-order valence-corrected chi connectivity index (χ2v) is 6.65. The standard InChI is InChI=1S/C23H21N3O5/c1-28-18-11-15(12-19(29-2)21(18)30-3)25-23-26-17-6-4-5-16(20(17)31-23)13-7-9-14(10-8-13)22(24)27/h4-12H,1-3H3,(H2,24,27)(H,25,26). The molecule has 0 fully saturated rings. The molecule has 8 heteroatoms. The van der Waals surface area contributed by atoms with Gasteiger partial charge in [-0.25, -0.2) is 0 Å². The van der Waals surface area contributed by atoms with Crippen molar-refractivity contribution in [2.75, 3.05) is 26.6 Å². The summed E-state index contributed by atoms with van der Waals surface area (Å²) in [6.45, 7) is 0. The van der Waals surface area contributed by atoms with Crippen molar-refractivity contribution < 1.29 is 23.4 Å². The van der Waals surface area contributed by atoms with E-state index in [0.717, 1.165) is 11.1 Å². The lowest BCUT2D eigenvalue weighted by Gasteiger charge is -2.14. The van der Waals surface area contributed by atoms with Crippen molar-refractivity contribution in [1.82, 2.24) is 4.98 Å². The Morgan fingerprint density at radius 2 is 1.65 bits per heavy atom. The van der Waals surface area contributed by atoms with Gasteiger partial charge in [0.1, 0.15) is 5.52 Å². The maximum atomic E-state index is 11.3. The number of benzene rings is 3. The van der Waals surface area contributed by atoms with E-state index in [-0.39, 0.29) is 0 Å². The van der Waals surface area contributed by atoms with E-state index < -0.39 is 5.91 Å². The average Bonchev–Trinajstić information content (AvgIpc) is 3.20. The quantitative estimate of drug-likeness (QED) is 0.458. The molecule has 1 aromatic heterocycles. The van der Waals surface area contributed by atoms with Gasteiger partial charge >= 0.3 is 0 Å². The Balaban J connectivity index is 1.71. The van der Waals surface area contributed by atoms with Crippen molar-refractivity contribution in [3.05, 3.63) is 60.2 Å². The molecule has 0 aliphatic rings. The number of carbonyl (C=O) groups excluding carboxylic acids is 1. The molecule has 1 heterocycles. The summed E-state index contributed by atoms with van der Waals surface area (Å²) in [7, 11) is 4.65. The molecule has 0 saturated heterocycles. The highest BCUT2D eigenvalue weighted by atomic mass is 16.5. The number of hydrogen-bond acceptors (Lipinski definition) is 7. The molecule has 0 aliphatic carbocycles. The fraction of sp³-hybridized carbons (Fsp3) is 0.130. The third kappa shape index (κ3) is 3.83. The number of nitrogens with two attached hydrogens (primary N) is 1. The fourth-order valence-corrected chi connectivity index (χ4v) is 3.32. The van der Waals surface area contributed by atoms with Crippen LogP contribution < -0.4 is 25.3 Å². The number of aromatic nitrogens is 1. The van der Waals surface area contributed by atoms with Crippen LogP contribution in [-0.2, 0) is 0 Å². The highest BCUT2D eigenvalue weighted by Crippen LogP contribution is 2.41. The zero-order valence-corrected chi connectivity index (χ0v) is 17.3. The molecule has 3 N–H and O–H groups in total. The molecule has 0 bridgehead atoms. The summed E-state index contributed by atoms with van der Waals surface area (Å²) in [5, 5.41) is 3.14. The third-order valence-electron chi connectivity index (χ3n) is 4.81. The van der Waals surface area contributed by atoms with E-state index in [1.54, 1.807) is 45.6 Å². The second-order valence-electron chi connectivity index (χ2n) is 6.65. The molecule has 0 saturated carbocycles. The van der Waals surface area contributed by atoms with E-state index in [4.69, 9.17) is 24.4 Å². The lowest BCUT2D eigenvalue weighted by molar-refractivity contribution is 0.100. The number of nitrogens with one attached hydrogen (secondary N) is 1. The van der Waals surface area contributed by atoms with Crippen LogP contribution >= 0.6 is 0 Å². The van der Waals surface area contributed by atoms with E-state index in [0.29, 0.717) is 45.6 Å². The summed E-state index contributed by atoms with van der Waals surface area (Å²) in [5.74, 6) is 1.04. The Kier molecular flexibility index (Phi) is 5.36. The maximum absolute atomic E-state index is 11.3. The number of nitrogens with zero attached hydrogens (tertiary/aromatic N) is 1. The summed E-state index contributed by atoms with van der Waals surface area (Å²) in [6.07, 6.45) is 0. The van der Waals surface area contributed by atoms with E-state index in [9.17, 15) is 4.79 Å². The van der Waals surface area contributed by atoms with Crippen LogP contribution in [0.2, 0.25) is 0 Å². The summed E-state index contributed by atoms with van der Waals surface area (Å²) in [5.41, 5.74) is 9.46. The number of rotatable bonds is 7. The predicted octanol–water partition coefficient (Wildman–Crippen LogP) is 4.36. The summed E-state index contributed by atoms with van der Waals surface area (Å²) < 4.78 is 22.1. The van der Waals surface area contributed by atoms with Crippen LogP contribution in [0.1, 0.15) is 10.4 Å². The molecule has 31 heavy (non-hydrogen) atoms. The lowest BCUT2D eigenvalue weighted by atomic mass is 10.0. The van der Waals surface area contributed by atoms with Gasteiger partial charge in [0, 0.05) is 28.9 Å². The minimum absolute atomic E-state index is 0.311. The summed E-state index contributed by atoms with van der Waals surface area (Å²) >= 11 is 0. The molecule has 4 aromatic rings. The van der Waals surface area contributed by atoms with Gasteiger partial charge in [0.2, 0.25) is 11.7 Å². The van der Waals surface area contributed by atoms with E-state index in [1.807, 2.05) is 30.3 Å². The molecule has 0 unspecified atom stereocenters. The molecule has 0 aliphatic heterocycles. The van der Waals surface area contributed by atoms with Gasteiger partial charge in [-0.3, -0.25) is 4.79 Å². The first-order valence-electron chi connectivity index (χ1n) is 9.41. The van der Waals surface area contributed by atoms with Crippen molar-refractivity contribution in [2.24, 2.45) is 5.73 Å². The molecule has 1 amide bonds. The van der Waals surface area contributed by atoms with Gasteiger partial charge in [0.25, 0.3) is 6.01 Å². The maximum Gasteiger partial charge on any atom is 0.300 e. The van der Waals surface area contributed by atoms with Crippen LogP contribution in [0.15, 0.2) is 59.0 Å². The van der Waals surface area contributed by atoms with Crippen LogP contribution in [0, 0.1) is 0 Å². The van der Waals surface area contributed by atoms with E-state index in [1.165, 1.54) is 0 Å². The van der Waals surface area contributed by atoms with Gasteiger partial charge in [-0.1, -0.05) is 24.3 Å². The van der Waals surface area contributed by atoms with Crippen molar-refractivity contribution in [2.45, 2.75) is 0 Å². The molecule has 3 aromatic carbocycles. The molecule has 0 atom stereocenters. The number of methoxy groups -OCH3 is 3. The topological polar surface area (TPSA) is 109 Å². The molecule has 0 radical (unpaired) electrons. The number of para-hydroxylation sites is 1. The smallest absolute Gasteiger partial charge is 0.300 e. The highest BCUT2D eigenvalue weighted by Gasteiger charge is 2.16. The van der Waals surface area contributed by atoms with Gasteiger partial charge < -0.3 is 29.7 Å². The fourth-order valence-electron chi connectivity index (χ4n) is 3.32. The Labute approximate surface area is 178 Å². The number of ether oxygens (including phenoxy) is 3. The molecule has 8 nitrogen and oxygen atoms in total. The van der Waals surface area contributed by atoms with E-state index >= 15 is 0 Å². The summed E-state index contributed by atoms with van der Waals surface area (Å²) in [4.78, 5) is 15.9. The lowest BCUT2D eigenvalue weighted by Crippen LogP contribution is -2.10. The SMILES string of the molecule is COc1cc(Nc2nc3cccc(-c4ccc(C(N)=O)cc4)c3o2)cc(OC)c1OC. The van der Waals surface area contributed by atoms with Gasteiger partial charge in [0.05, 0.1) is 21.3 Å². The first-order valence-corrected chi connectivity index (χ1v) is 9.41. The third-order valence-corrected chi connectivity index (χ3v) is 4.81. The van der Waals surface area contributed by atoms with E-state index in [2.05, 4.69) is 10.3 Å². The monoisotopic (exact) mass is 419 g/mol. The minimum Gasteiger partial charge on any atom is -0.493 e. The van der Waals surface area contributed by atoms with Gasteiger partial charge in [-0.15, -0.1) is 0 Å². The van der Waals surface area contributed by atoms with Crippen molar-refractivity contribution in [3.63, 3.8) is 0 Å².